The number of aromatic nitrogens is 2. The summed E-state index contributed by atoms with van der Waals surface area (Å²) in [6.45, 7) is 3.97. The standard InChI is InChI=1S/C19H16N4O2/c1-3-25-19(24)15-11-22-16-7-6-12(2)9-14(16)17(15)23-18-13(10-20)5-4-8-21-18/h4-9,11H,3H2,1-2H3,(H,21,22,23). The summed E-state index contributed by atoms with van der Waals surface area (Å²) in [7, 11) is 0. The minimum Gasteiger partial charge on any atom is -0.462 e. The molecule has 3 aromatic rings. The number of nitrogens with zero attached hydrogens (tertiary/aromatic N) is 3. The number of hydrogen-bond donors (Lipinski definition) is 1. The summed E-state index contributed by atoms with van der Waals surface area (Å²) in [5.41, 5.74) is 2.97. The zero-order chi connectivity index (χ0) is 17.8. The van der Waals surface area contributed by atoms with Crippen molar-refractivity contribution in [2.45, 2.75) is 13.8 Å². The third-order valence-electron chi connectivity index (χ3n) is 3.69. The van der Waals surface area contributed by atoms with Crippen molar-refractivity contribution in [3.63, 3.8) is 0 Å². The van der Waals surface area contributed by atoms with Crippen molar-refractivity contribution >= 4 is 28.4 Å². The summed E-state index contributed by atoms with van der Waals surface area (Å²) in [6, 6.07) is 11.2. The van der Waals surface area contributed by atoms with E-state index in [2.05, 4.69) is 21.4 Å². The maximum Gasteiger partial charge on any atom is 0.341 e. The van der Waals surface area contributed by atoms with Gasteiger partial charge in [-0.2, -0.15) is 5.26 Å². The molecule has 1 aromatic carbocycles. The lowest BCUT2D eigenvalue weighted by atomic mass is 10.1. The fourth-order valence-corrected chi connectivity index (χ4v) is 2.52. The predicted molar refractivity (Wildman–Crippen MR) is 94.7 cm³/mol. The lowest BCUT2D eigenvalue weighted by molar-refractivity contribution is 0.0527. The van der Waals surface area contributed by atoms with Crippen LogP contribution in [0.25, 0.3) is 10.9 Å². The zero-order valence-electron chi connectivity index (χ0n) is 13.9. The van der Waals surface area contributed by atoms with E-state index in [1.54, 1.807) is 25.3 Å². The van der Waals surface area contributed by atoms with Crippen molar-refractivity contribution in [3.05, 3.63) is 59.4 Å². The fraction of sp³-hybridized carbons (Fsp3) is 0.158. The van der Waals surface area contributed by atoms with Crippen LogP contribution in [0.5, 0.6) is 0 Å². The van der Waals surface area contributed by atoms with Crippen molar-refractivity contribution in [3.8, 4) is 6.07 Å². The second-order valence-corrected chi connectivity index (χ2v) is 5.42. The van der Waals surface area contributed by atoms with Gasteiger partial charge in [-0.1, -0.05) is 11.6 Å². The van der Waals surface area contributed by atoms with Gasteiger partial charge in [-0.15, -0.1) is 0 Å². The molecule has 0 spiro atoms. The summed E-state index contributed by atoms with van der Waals surface area (Å²) in [5, 5.41) is 13.2. The summed E-state index contributed by atoms with van der Waals surface area (Å²) >= 11 is 0. The number of fused-ring (bicyclic) bond motifs is 1. The molecule has 6 heteroatoms. The van der Waals surface area contributed by atoms with Gasteiger partial charge in [0, 0.05) is 17.8 Å². The lowest BCUT2D eigenvalue weighted by Crippen LogP contribution is -2.10. The summed E-state index contributed by atoms with van der Waals surface area (Å²) in [5.74, 6) is -0.0973. The van der Waals surface area contributed by atoms with Crippen LogP contribution in [0.3, 0.4) is 0 Å². The molecule has 2 aromatic heterocycles. The minimum atomic E-state index is -0.477. The number of carbonyl (C=O) groups is 1. The second kappa shape index (κ2) is 6.97. The highest BCUT2D eigenvalue weighted by Gasteiger charge is 2.18. The van der Waals surface area contributed by atoms with Gasteiger partial charge in [0.2, 0.25) is 0 Å². The van der Waals surface area contributed by atoms with Crippen LogP contribution in [0.1, 0.15) is 28.4 Å². The van der Waals surface area contributed by atoms with E-state index in [0.29, 0.717) is 22.6 Å². The van der Waals surface area contributed by atoms with Gasteiger partial charge in [0.05, 0.1) is 23.4 Å². The maximum absolute atomic E-state index is 12.4. The van der Waals surface area contributed by atoms with E-state index in [-0.39, 0.29) is 6.61 Å². The van der Waals surface area contributed by atoms with Crippen LogP contribution in [0.15, 0.2) is 42.7 Å². The molecule has 2 heterocycles. The molecule has 0 radical (unpaired) electrons. The first-order valence-electron chi connectivity index (χ1n) is 7.82. The molecule has 0 aliphatic heterocycles. The first-order chi connectivity index (χ1) is 12.1. The second-order valence-electron chi connectivity index (χ2n) is 5.42. The Morgan fingerprint density at radius 2 is 2.16 bits per heavy atom. The normalized spacial score (nSPS) is 10.3. The highest BCUT2D eigenvalue weighted by molar-refractivity contribution is 6.06. The van der Waals surface area contributed by atoms with Crippen LogP contribution in [0.2, 0.25) is 0 Å². The van der Waals surface area contributed by atoms with Crippen molar-refractivity contribution < 1.29 is 9.53 Å². The monoisotopic (exact) mass is 332 g/mol. The minimum absolute atomic E-state index is 0.261. The van der Waals surface area contributed by atoms with Gasteiger partial charge < -0.3 is 10.1 Å². The van der Waals surface area contributed by atoms with Crippen molar-refractivity contribution in [2.75, 3.05) is 11.9 Å². The third-order valence-corrected chi connectivity index (χ3v) is 3.69. The number of nitrogens with one attached hydrogen (secondary N) is 1. The van der Waals surface area contributed by atoms with E-state index in [1.165, 1.54) is 6.20 Å². The number of esters is 1. The molecule has 0 fully saturated rings. The fourth-order valence-electron chi connectivity index (χ4n) is 2.52. The van der Waals surface area contributed by atoms with E-state index in [9.17, 15) is 10.1 Å². The molecule has 0 bridgehead atoms. The average Bonchev–Trinajstić information content (AvgIpc) is 2.62. The lowest BCUT2D eigenvalue weighted by Gasteiger charge is -2.14. The largest absolute Gasteiger partial charge is 0.462 e. The van der Waals surface area contributed by atoms with Gasteiger partial charge in [0.25, 0.3) is 0 Å². The SMILES string of the molecule is CCOC(=O)c1cnc2ccc(C)cc2c1Nc1ncccc1C#N. The van der Waals surface area contributed by atoms with Gasteiger partial charge in [0.15, 0.2) is 0 Å². The summed E-state index contributed by atoms with van der Waals surface area (Å²) < 4.78 is 5.14. The molecule has 1 N–H and O–H groups in total. The molecule has 0 aliphatic carbocycles. The predicted octanol–water partition coefficient (Wildman–Crippen LogP) is 3.73. The molecule has 0 amide bonds. The molecule has 6 nitrogen and oxygen atoms in total. The number of anilines is 2. The van der Waals surface area contributed by atoms with Crippen LogP contribution in [0, 0.1) is 18.3 Å². The highest BCUT2D eigenvalue weighted by atomic mass is 16.5. The van der Waals surface area contributed by atoms with Crippen LogP contribution in [-0.4, -0.2) is 22.5 Å². The third kappa shape index (κ3) is 3.26. The smallest absolute Gasteiger partial charge is 0.341 e. The van der Waals surface area contributed by atoms with Gasteiger partial charge >= 0.3 is 5.97 Å². The van der Waals surface area contributed by atoms with Gasteiger partial charge in [-0.3, -0.25) is 4.98 Å². The van der Waals surface area contributed by atoms with Crippen molar-refractivity contribution in [1.29, 1.82) is 5.26 Å². The molecule has 3 rings (SSSR count). The number of ether oxygens (including phenoxy) is 1. The Morgan fingerprint density at radius 3 is 2.92 bits per heavy atom. The zero-order valence-corrected chi connectivity index (χ0v) is 13.9. The summed E-state index contributed by atoms with van der Waals surface area (Å²) in [4.78, 5) is 20.9. The number of aryl methyl sites for hydroxylation is 1. The van der Waals surface area contributed by atoms with E-state index in [4.69, 9.17) is 4.74 Å². The molecule has 0 saturated heterocycles. The molecular weight excluding hydrogens is 316 g/mol. The Morgan fingerprint density at radius 1 is 1.32 bits per heavy atom. The van der Waals surface area contributed by atoms with Gasteiger partial charge in [-0.05, 0) is 38.1 Å². The van der Waals surface area contributed by atoms with Crippen LogP contribution in [0.4, 0.5) is 11.5 Å². The van der Waals surface area contributed by atoms with E-state index in [1.807, 2.05) is 25.1 Å². The van der Waals surface area contributed by atoms with Crippen molar-refractivity contribution in [2.24, 2.45) is 0 Å². The molecule has 0 atom stereocenters. The van der Waals surface area contributed by atoms with Gasteiger partial charge in [0.1, 0.15) is 17.5 Å². The molecule has 0 aliphatic rings. The van der Waals surface area contributed by atoms with Crippen LogP contribution in [-0.2, 0) is 4.74 Å². The number of rotatable bonds is 4. The number of hydrogen-bond acceptors (Lipinski definition) is 6. The molecule has 25 heavy (non-hydrogen) atoms. The number of carbonyl (C=O) groups excluding carboxylic acids is 1. The van der Waals surface area contributed by atoms with Crippen molar-refractivity contribution in [1.82, 2.24) is 9.97 Å². The topological polar surface area (TPSA) is 87.9 Å². The van der Waals surface area contributed by atoms with E-state index in [0.717, 1.165) is 16.5 Å². The molecule has 0 unspecified atom stereocenters. The molecular formula is C19H16N4O2. The molecule has 124 valence electrons. The maximum atomic E-state index is 12.4. The first kappa shape index (κ1) is 16.4. The highest BCUT2D eigenvalue weighted by Crippen LogP contribution is 2.30. The van der Waals surface area contributed by atoms with Gasteiger partial charge in [-0.25, -0.2) is 9.78 Å². The average molecular weight is 332 g/mol. The Hall–Kier alpha value is -3.46. The summed E-state index contributed by atoms with van der Waals surface area (Å²) in [6.07, 6.45) is 3.06. The quantitative estimate of drug-likeness (QED) is 0.732. The number of pyridine rings is 2. The number of benzene rings is 1. The molecule has 0 saturated carbocycles. The number of nitriles is 1. The Bertz CT molecular complexity index is 992. The Kier molecular flexibility index (Phi) is 4.57. The van der Waals surface area contributed by atoms with E-state index < -0.39 is 5.97 Å². The Balaban J connectivity index is 2.22. The first-order valence-corrected chi connectivity index (χ1v) is 7.82. The van der Waals surface area contributed by atoms with Crippen LogP contribution >= 0.6 is 0 Å². The van der Waals surface area contributed by atoms with E-state index >= 15 is 0 Å². The Labute approximate surface area is 145 Å². The van der Waals surface area contributed by atoms with Crippen LogP contribution < -0.4 is 5.32 Å².